The van der Waals surface area contributed by atoms with Crippen LogP contribution in [-0.2, 0) is 27.7 Å². The van der Waals surface area contributed by atoms with Crippen LogP contribution in [0.2, 0.25) is 5.02 Å². The zero-order valence-electron chi connectivity index (χ0n) is 18.5. The van der Waals surface area contributed by atoms with Gasteiger partial charge in [-0.05, 0) is 79.6 Å². The summed E-state index contributed by atoms with van der Waals surface area (Å²) in [5, 5.41) is 3.36. The fraction of sp³-hybridized carbons (Fsp3) is 0.269. The number of halogens is 1. The first-order valence-electron chi connectivity index (χ1n) is 11.1. The van der Waals surface area contributed by atoms with Gasteiger partial charge >= 0.3 is 0 Å². The fourth-order valence-electron chi connectivity index (χ4n) is 4.19. The van der Waals surface area contributed by atoms with E-state index in [1.54, 1.807) is 42.5 Å². The van der Waals surface area contributed by atoms with E-state index in [0.29, 0.717) is 10.7 Å². The highest BCUT2D eigenvalue weighted by Gasteiger charge is 2.28. The molecule has 1 atom stereocenters. The Morgan fingerprint density at radius 3 is 2.42 bits per heavy atom. The van der Waals surface area contributed by atoms with Gasteiger partial charge in [0, 0.05) is 5.02 Å². The summed E-state index contributed by atoms with van der Waals surface area (Å²) < 4.78 is 27.9. The monoisotopic (exact) mass is 482 g/mol. The molecule has 33 heavy (non-hydrogen) atoms. The fourth-order valence-corrected chi connectivity index (χ4v) is 5.81. The van der Waals surface area contributed by atoms with E-state index >= 15 is 0 Å². The minimum absolute atomic E-state index is 0.112. The molecule has 1 amide bonds. The topological polar surface area (TPSA) is 66.5 Å². The van der Waals surface area contributed by atoms with E-state index in [0.717, 1.165) is 22.7 Å². The lowest BCUT2D eigenvalue weighted by atomic mass is 9.89. The molecule has 1 N–H and O–H groups in total. The molecule has 4 rings (SSSR count). The van der Waals surface area contributed by atoms with Gasteiger partial charge in [0.1, 0.15) is 6.54 Å². The molecule has 0 bridgehead atoms. The van der Waals surface area contributed by atoms with Gasteiger partial charge in [-0.25, -0.2) is 8.42 Å². The molecule has 7 heteroatoms. The molecular weight excluding hydrogens is 456 g/mol. The van der Waals surface area contributed by atoms with Crippen LogP contribution in [0.1, 0.15) is 42.5 Å². The second kappa shape index (κ2) is 9.98. The van der Waals surface area contributed by atoms with E-state index < -0.39 is 10.0 Å². The number of anilines is 1. The summed E-state index contributed by atoms with van der Waals surface area (Å²) in [7, 11) is -3.96. The number of hydrogen-bond donors (Lipinski definition) is 1. The summed E-state index contributed by atoms with van der Waals surface area (Å²) in [6.45, 7) is 1.56. The number of nitrogens with zero attached hydrogens (tertiary/aromatic N) is 1. The first-order valence-corrected chi connectivity index (χ1v) is 12.9. The number of carbonyl (C=O) groups excluding carboxylic acids is 1. The number of hydrogen-bond acceptors (Lipinski definition) is 3. The van der Waals surface area contributed by atoms with E-state index in [1.807, 2.05) is 13.0 Å². The summed E-state index contributed by atoms with van der Waals surface area (Å²) in [5.74, 6) is -0.389. The second-order valence-corrected chi connectivity index (χ2v) is 10.6. The normalized spacial score (nSPS) is 14.2. The Bertz CT molecular complexity index is 1250. The first-order chi connectivity index (χ1) is 15.8. The van der Waals surface area contributed by atoms with Crippen molar-refractivity contribution in [3.8, 4) is 0 Å². The lowest BCUT2D eigenvalue weighted by Crippen LogP contribution is -2.41. The van der Waals surface area contributed by atoms with Crippen LogP contribution >= 0.6 is 11.6 Å². The molecule has 0 saturated heterocycles. The van der Waals surface area contributed by atoms with Crippen molar-refractivity contribution in [2.24, 2.45) is 0 Å². The molecule has 3 aromatic rings. The third kappa shape index (κ3) is 5.40. The van der Waals surface area contributed by atoms with Gasteiger partial charge in [0.05, 0.1) is 16.6 Å². The number of fused-ring (bicyclic) bond motifs is 1. The molecular formula is C26H27ClN2O3S. The van der Waals surface area contributed by atoms with Crippen molar-refractivity contribution < 1.29 is 13.2 Å². The van der Waals surface area contributed by atoms with Crippen molar-refractivity contribution in [2.45, 2.75) is 43.5 Å². The smallest absolute Gasteiger partial charge is 0.264 e. The minimum Gasteiger partial charge on any atom is -0.348 e. The van der Waals surface area contributed by atoms with Crippen molar-refractivity contribution in [3.05, 3.63) is 94.5 Å². The molecule has 0 unspecified atom stereocenters. The van der Waals surface area contributed by atoms with Crippen LogP contribution in [0.5, 0.6) is 0 Å². The van der Waals surface area contributed by atoms with Gasteiger partial charge in [-0.2, -0.15) is 0 Å². The molecule has 0 fully saturated rings. The summed E-state index contributed by atoms with van der Waals surface area (Å²) in [5.41, 5.74) is 4.07. The Balaban J connectivity index is 1.56. The lowest BCUT2D eigenvalue weighted by molar-refractivity contribution is -0.120. The van der Waals surface area contributed by atoms with Crippen LogP contribution in [-0.4, -0.2) is 20.9 Å². The zero-order valence-corrected chi connectivity index (χ0v) is 20.1. The van der Waals surface area contributed by atoms with Crippen LogP contribution in [0.15, 0.2) is 77.7 Å². The predicted octanol–water partition coefficient (Wildman–Crippen LogP) is 5.29. The van der Waals surface area contributed by atoms with E-state index in [4.69, 9.17) is 11.6 Å². The number of nitrogens with one attached hydrogen (secondary N) is 1. The van der Waals surface area contributed by atoms with E-state index in [9.17, 15) is 13.2 Å². The molecule has 0 heterocycles. The van der Waals surface area contributed by atoms with Gasteiger partial charge in [-0.3, -0.25) is 9.10 Å². The number of carbonyl (C=O) groups is 1. The number of aryl methyl sites for hydroxylation is 2. The Hall–Kier alpha value is -2.83. The van der Waals surface area contributed by atoms with Gasteiger partial charge in [-0.1, -0.05) is 54.1 Å². The quantitative estimate of drug-likeness (QED) is 0.497. The Morgan fingerprint density at radius 2 is 1.70 bits per heavy atom. The molecule has 0 aliphatic heterocycles. The average Bonchev–Trinajstić information content (AvgIpc) is 2.82. The van der Waals surface area contributed by atoms with E-state index in [2.05, 4.69) is 17.4 Å². The highest BCUT2D eigenvalue weighted by molar-refractivity contribution is 7.92. The number of rotatable bonds is 7. The maximum atomic E-state index is 13.4. The number of amides is 1. The Labute approximate surface area is 200 Å². The van der Waals surface area contributed by atoms with Crippen molar-refractivity contribution in [3.63, 3.8) is 0 Å². The van der Waals surface area contributed by atoms with Crippen LogP contribution in [0, 0.1) is 0 Å². The molecule has 0 spiro atoms. The molecule has 5 nitrogen and oxygen atoms in total. The van der Waals surface area contributed by atoms with Crippen molar-refractivity contribution >= 4 is 33.2 Å². The van der Waals surface area contributed by atoms with Crippen molar-refractivity contribution in [1.82, 2.24) is 5.32 Å². The van der Waals surface area contributed by atoms with Crippen molar-refractivity contribution in [1.29, 1.82) is 0 Å². The van der Waals surface area contributed by atoms with Gasteiger partial charge in [0.25, 0.3) is 10.0 Å². The van der Waals surface area contributed by atoms with Crippen LogP contribution in [0.4, 0.5) is 5.69 Å². The van der Waals surface area contributed by atoms with Gasteiger partial charge in [0.2, 0.25) is 5.91 Å². The van der Waals surface area contributed by atoms with E-state index in [1.165, 1.54) is 36.1 Å². The first kappa shape index (κ1) is 23.3. The molecule has 0 aromatic heterocycles. The van der Waals surface area contributed by atoms with Gasteiger partial charge < -0.3 is 5.32 Å². The van der Waals surface area contributed by atoms with Crippen LogP contribution in [0.25, 0.3) is 0 Å². The molecule has 0 radical (unpaired) electrons. The standard InChI is InChI=1S/C26H27ClN2O3S/c1-19(21-15-14-20-8-5-6-9-22(20)16-21)28-26(30)18-29(24-11-7-10-23(27)17-24)33(31,32)25-12-3-2-4-13-25/h2-4,7,10-17,19H,5-6,8-9,18H2,1H3,(H,28,30)/t19-/m0/s1. The highest BCUT2D eigenvalue weighted by Crippen LogP contribution is 2.27. The van der Waals surface area contributed by atoms with E-state index in [-0.39, 0.29) is 23.4 Å². The van der Waals surface area contributed by atoms with Crippen LogP contribution in [0.3, 0.4) is 0 Å². The molecule has 1 aliphatic rings. The number of sulfonamides is 1. The predicted molar refractivity (Wildman–Crippen MR) is 132 cm³/mol. The molecule has 0 saturated carbocycles. The third-order valence-electron chi connectivity index (χ3n) is 5.96. The van der Waals surface area contributed by atoms with Gasteiger partial charge in [-0.15, -0.1) is 0 Å². The summed E-state index contributed by atoms with van der Waals surface area (Å²) >= 11 is 6.12. The molecule has 172 valence electrons. The zero-order chi connectivity index (χ0) is 23.4. The average molecular weight is 483 g/mol. The number of benzene rings is 3. The maximum absolute atomic E-state index is 13.4. The summed E-state index contributed by atoms with van der Waals surface area (Å²) in [4.78, 5) is 13.1. The second-order valence-electron chi connectivity index (χ2n) is 8.33. The van der Waals surface area contributed by atoms with Gasteiger partial charge in [0.15, 0.2) is 0 Å². The summed E-state index contributed by atoms with van der Waals surface area (Å²) in [6.07, 6.45) is 4.56. The lowest BCUT2D eigenvalue weighted by Gasteiger charge is -2.25. The molecule has 3 aromatic carbocycles. The largest absolute Gasteiger partial charge is 0.348 e. The highest BCUT2D eigenvalue weighted by atomic mass is 35.5. The van der Waals surface area contributed by atoms with Crippen molar-refractivity contribution in [2.75, 3.05) is 10.8 Å². The SMILES string of the molecule is C[C@H](NC(=O)CN(c1cccc(Cl)c1)S(=O)(=O)c1ccccc1)c1ccc2c(c1)CCCC2. The summed E-state index contributed by atoms with van der Waals surface area (Å²) in [6, 6.07) is 20.7. The molecule has 1 aliphatic carbocycles. The maximum Gasteiger partial charge on any atom is 0.264 e. The third-order valence-corrected chi connectivity index (χ3v) is 7.99. The Morgan fingerprint density at radius 1 is 0.970 bits per heavy atom. The van der Waals surface area contributed by atoms with Crippen LogP contribution < -0.4 is 9.62 Å². The Kier molecular flexibility index (Phi) is 7.05. The minimum atomic E-state index is -3.96.